The number of pyridine rings is 1. The molecule has 1 saturated carbocycles. The van der Waals surface area contributed by atoms with Gasteiger partial charge in [0.25, 0.3) is 0 Å². The number of likely N-dealkylation sites (N-methyl/N-ethyl adjacent to an activating group) is 1. The molecule has 130 valence electrons. The summed E-state index contributed by atoms with van der Waals surface area (Å²) in [6.45, 7) is 6.17. The summed E-state index contributed by atoms with van der Waals surface area (Å²) in [7, 11) is 1.80. The number of halogens is 2. The van der Waals surface area contributed by atoms with Crippen LogP contribution in [0.4, 0.5) is 0 Å². The number of nitrogens with zero attached hydrogens (tertiary/aromatic N) is 3. The fourth-order valence-electron chi connectivity index (χ4n) is 2.46. The maximum atomic E-state index is 5.78. The SMILES string of the molecule is CCN(CCNC(=NC)NCCc1ccc(Cl)nc1)C1CC1.I. The lowest BCUT2D eigenvalue weighted by atomic mass is 10.2. The topological polar surface area (TPSA) is 52.5 Å². The van der Waals surface area contributed by atoms with E-state index in [2.05, 4.69) is 32.4 Å². The van der Waals surface area contributed by atoms with Gasteiger partial charge in [-0.3, -0.25) is 9.89 Å². The molecule has 0 bridgehead atoms. The Labute approximate surface area is 161 Å². The van der Waals surface area contributed by atoms with E-state index in [4.69, 9.17) is 11.6 Å². The fourth-order valence-corrected chi connectivity index (χ4v) is 2.57. The van der Waals surface area contributed by atoms with Crippen LogP contribution in [0.15, 0.2) is 23.3 Å². The zero-order chi connectivity index (χ0) is 15.8. The Hall–Kier alpha value is -0.600. The molecule has 2 rings (SSSR count). The predicted octanol–water partition coefficient (Wildman–Crippen LogP) is 2.54. The van der Waals surface area contributed by atoms with Crippen LogP contribution in [-0.2, 0) is 6.42 Å². The minimum atomic E-state index is 0. The molecule has 1 aromatic heterocycles. The molecule has 0 aliphatic heterocycles. The number of hydrogen-bond donors (Lipinski definition) is 2. The summed E-state index contributed by atoms with van der Waals surface area (Å²) < 4.78 is 0. The number of hydrogen-bond acceptors (Lipinski definition) is 3. The van der Waals surface area contributed by atoms with Gasteiger partial charge >= 0.3 is 0 Å². The van der Waals surface area contributed by atoms with Crippen molar-refractivity contribution in [2.75, 3.05) is 33.2 Å². The lowest BCUT2D eigenvalue weighted by molar-refractivity contribution is 0.282. The predicted molar refractivity (Wildman–Crippen MR) is 108 cm³/mol. The largest absolute Gasteiger partial charge is 0.356 e. The summed E-state index contributed by atoms with van der Waals surface area (Å²) in [5.74, 6) is 0.855. The number of aliphatic imine (C=N–C) groups is 1. The van der Waals surface area contributed by atoms with Gasteiger partial charge in [-0.25, -0.2) is 4.98 Å². The van der Waals surface area contributed by atoms with Gasteiger partial charge in [-0.05, 0) is 37.4 Å². The number of nitrogens with one attached hydrogen (secondary N) is 2. The first-order valence-corrected chi connectivity index (χ1v) is 8.39. The van der Waals surface area contributed by atoms with Gasteiger partial charge in [0.1, 0.15) is 5.15 Å². The average molecular weight is 452 g/mol. The van der Waals surface area contributed by atoms with Crippen molar-refractivity contribution in [1.82, 2.24) is 20.5 Å². The second-order valence-corrected chi connectivity index (χ2v) is 5.91. The lowest BCUT2D eigenvalue weighted by Gasteiger charge is -2.20. The van der Waals surface area contributed by atoms with Gasteiger partial charge in [-0.15, -0.1) is 24.0 Å². The molecule has 0 amide bonds. The van der Waals surface area contributed by atoms with E-state index >= 15 is 0 Å². The monoisotopic (exact) mass is 451 g/mol. The molecule has 0 unspecified atom stereocenters. The molecule has 23 heavy (non-hydrogen) atoms. The van der Waals surface area contributed by atoms with Crippen LogP contribution >= 0.6 is 35.6 Å². The number of aromatic nitrogens is 1. The van der Waals surface area contributed by atoms with Crippen LogP contribution in [0.2, 0.25) is 5.15 Å². The van der Waals surface area contributed by atoms with Crippen LogP contribution in [0.25, 0.3) is 0 Å². The Morgan fingerprint density at radius 2 is 2.09 bits per heavy atom. The Balaban J connectivity index is 0.00000264. The first-order valence-electron chi connectivity index (χ1n) is 8.02. The van der Waals surface area contributed by atoms with Crippen molar-refractivity contribution in [2.24, 2.45) is 4.99 Å². The van der Waals surface area contributed by atoms with E-state index < -0.39 is 0 Å². The number of rotatable bonds is 8. The van der Waals surface area contributed by atoms with Crippen LogP contribution in [-0.4, -0.2) is 55.1 Å². The second kappa shape index (κ2) is 11.0. The molecule has 0 radical (unpaired) electrons. The third kappa shape index (κ3) is 7.67. The van der Waals surface area contributed by atoms with E-state index in [-0.39, 0.29) is 24.0 Å². The molecule has 0 saturated heterocycles. The van der Waals surface area contributed by atoms with Crippen molar-refractivity contribution in [3.8, 4) is 0 Å². The summed E-state index contributed by atoms with van der Waals surface area (Å²) in [4.78, 5) is 10.9. The van der Waals surface area contributed by atoms with Gasteiger partial charge in [-0.1, -0.05) is 24.6 Å². The van der Waals surface area contributed by atoms with Crippen molar-refractivity contribution in [3.05, 3.63) is 29.0 Å². The molecule has 2 N–H and O–H groups in total. The van der Waals surface area contributed by atoms with Gasteiger partial charge in [0.15, 0.2) is 5.96 Å². The molecule has 5 nitrogen and oxygen atoms in total. The number of guanidine groups is 1. The third-order valence-corrected chi connectivity index (χ3v) is 4.10. The van der Waals surface area contributed by atoms with Crippen molar-refractivity contribution < 1.29 is 0 Å². The molecule has 1 aliphatic rings. The van der Waals surface area contributed by atoms with Gasteiger partial charge in [0.2, 0.25) is 0 Å². The van der Waals surface area contributed by atoms with Gasteiger partial charge < -0.3 is 10.6 Å². The van der Waals surface area contributed by atoms with E-state index in [1.807, 2.05) is 18.3 Å². The fraction of sp³-hybridized carbons (Fsp3) is 0.625. The van der Waals surface area contributed by atoms with E-state index in [9.17, 15) is 0 Å². The van der Waals surface area contributed by atoms with Gasteiger partial charge in [-0.2, -0.15) is 0 Å². The lowest BCUT2D eigenvalue weighted by Crippen LogP contribution is -2.42. The molecule has 0 atom stereocenters. The maximum absolute atomic E-state index is 5.78. The van der Waals surface area contributed by atoms with Gasteiger partial charge in [0.05, 0.1) is 0 Å². The van der Waals surface area contributed by atoms with Crippen molar-refractivity contribution in [2.45, 2.75) is 32.2 Å². The van der Waals surface area contributed by atoms with E-state index in [0.717, 1.165) is 44.6 Å². The smallest absolute Gasteiger partial charge is 0.191 e. The summed E-state index contributed by atoms with van der Waals surface area (Å²) in [6.07, 6.45) is 5.43. The molecule has 1 heterocycles. The Morgan fingerprint density at radius 1 is 1.35 bits per heavy atom. The van der Waals surface area contributed by atoms with Crippen molar-refractivity contribution in [1.29, 1.82) is 0 Å². The Kier molecular flexibility index (Phi) is 9.81. The quantitative estimate of drug-likeness (QED) is 0.276. The third-order valence-electron chi connectivity index (χ3n) is 3.88. The molecule has 1 fully saturated rings. The zero-order valence-electron chi connectivity index (χ0n) is 13.9. The summed E-state index contributed by atoms with van der Waals surface area (Å²) in [6, 6.07) is 4.64. The highest BCUT2D eigenvalue weighted by molar-refractivity contribution is 14.0. The van der Waals surface area contributed by atoms with Crippen LogP contribution in [0.1, 0.15) is 25.3 Å². The summed E-state index contributed by atoms with van der Waals surface area (Å²) >= 11 is 5.78. The first-order chi connectivity index (χ1) is 10.7. The first kappa shape index (κ1) is 20.4. The Morgan fingerprint density at radius 3 is 2.65 bits per heavy atom. The zero-order valence-corrected chi connectivity index (χ0v) is 17.0. The highest BCUT2D eigenvalue weighted by Crippen LogP contribution is 2.25. The van der Waals surface area contributed by atoms with Crippen molar-refractivity contribution in [3.63, 3.8) is 0 Å². The average Bonchev–Trinajstić information content (AvgIpc) is 3.36. The highest BCUT2D eigenvalue weighted by Gasteiger charge is 2.27. The standard InChI is InChI=1S/C16H26ClN5.HI/c1-3-22(14-5-6-14)11-10-20-16(18-2)19-9-8-13-4-7-15(17)21-12-13;/h4,7,12,14H,3,5-6,8-11H2,1-2H3,(H2,18,19,20);1H. The minimum absolute atomic E-state index is 0. The Bertz CT molecular complexity index is 476. The second-order valence-electron chi connectivity index (χ2n) is 5.52. The molecule has 0 spiro atoms. The normalized spacial score (nSPS) is 14.5. The van der Waals surface area contributed by atoms with Crippen molar-refractivity contribution >= 4 is 41.5 Å². The van der Waals surface area contributed by atoms with Crippen LogP contribution < -0.4 is 10.6 Å². The minimum Gasteiger partial charge on any atom is -0.356 e. The molecule has 7 heteroatoms. The highest BCUT2D eigenvalue weighted by atomic mass is 127. The van der Waals surface area contributed by atoms with E-state index in [0.29, 0.717) is 5.15 Å². The summed E-state index contributed by atoms with van der Waals surface area (Å²) in [5, 5.41) is 7.23. The molecular formula is C16H27ClIN5. The van der Waals surface area contributed by atoms with Crippen LogP contribution in [0.5, 0.6) is 0 Å². The molecule has 0 aromatic carbocycles. The van der Waals surface area contributed by atoms with Gasteiger partial charge in [0, 0.05) is 38.9 Å². The maximum Gasteiger partial charge on any atom is 0.191 e. The molecule has 1 aromatic rings. The van der Waals surface area contributed by atoms with Crippen LogP contribution in [0, 0.1) is 0 Å². The van der Waals surface area contributed by atoms with Crippen LogP contribution in [0.3, 0.4) is 0 Å². The molecular weight excluding hydrogens is 425 g/mol. The summed E-state index contributed by atoms with van der Waals surface area (Å²) in [5.41, 5.74) is 1.17. The van der Waals surface area contributed by atoms with E-state index in [1.54, 1.807) is 7.05 Å². The van der Waals surface area contributed by atoms with E-state index in [1.165, 1.54) is 18.4 Å². The molecule has 1 aliphatic carbocycles.